The van der Waals surface area contributed by atoms with E-state index in [4.69, 9.17) is 4.74 Å². The Balaban J connectivity index is 1.45. The van der Waals surface area contributed by atoms with Crippen LogP contribution in [0.1, 0.15) is 51.1 Å². The second-order valence-electron chi connectivity index (χ2n) is 10.3. The van der Waals surface area contributed by atoms with E-state index in [1.165, 1.54) is 0 Å². The molecule has 9 nitrogen and oxygen atoms in total. The number of aliphatic hydroxyl groups is 1. The number of carbonyl (C=O) groups is 2. The lowest BCUT2D eigenvalue weighted by Crippen LogP contribution is -2.56. The molecule has 0 bridgehead atoms. The van der Waals surface area contributed by atoms with Crippen molar-refractivity contribution in [3.05, 3.63) is 89.6 Å². The number of piperidine rings is 1. The molecule has 1 saturated heterocycles. The van der Waals surface area contributed by atoms with Crippen molar-refractivity contribution in [2.24, 2.45) is 7.05 Å². The van der Waals surface area contributed by atoms with E-state index in [9.17, 15) is 14.7 Å². The number of hydrogen-bond acceptors (Lipinski definition) is 6. The highest BCUT2D eigenvalue weighted by molar-refractivity contribution is 5.95. The maximum absolute atomic E-state index is 13.8. The van der Waals surface area contributed by atoms with E-state index >= 15 is 0 Å². The average molecular weight is 526 g/mol. The van der Waals surface area contributed by atoms with Crippen LogP contribution in [0, 0.1) is 0 Å². The van der Waals surface area contributed by atoms with Crippen LogP contribution in [0.4, 0.5) is 0 Å². The van der Waals surface area contributed by atoms with Gasteiger partial charge in [-0.05, 0) is 54.8 Å². The number of aromatic nitrogens is 3. The highest BCUT2D eigenvalue weighted by Crippen LogP contribution is 2.50. The molecule has 3 aromatic heterocycles. The van der Waals surface area contributed by atoms with Crippen LogP contribution < -0.4 is 4.74 Å². The molecule has 1 aromatic carbocycles. The molecule has 2 amide bonds. The minimum Gasteiger partial charge on any atom is -0.497 e. The number of ether oxygens (including phenoxy) is 1. The molecule has 6 rings (SSSR count). The third-order valence-corrected chi connectivity index (χ3v) is 8.36. The van der Waals surface area contributed by atoms with Crippen LogP contribution >= 0.6 is 0 Å². The summed E-state index contributed by atoms with van der Waals surface area (Å²) in [6, 6.07) is 16.1. The smallest absolute Gasteiger partial charge is 0.273 e. The molecule has 1 spiro atoms. The average Bonchev–Trinajstić information content (AvgIpc) is 3.30. The molecule has 1 fully saturated rings. The second kappa shape index (κ2) is 9.81. The van der Waals surface area contributed by atoms with Crippen molar-refractivity contribution < 1.29 is 19.4 Å². The fraction of sp³-hybridized carbons (Fsp3) is 0.333. The Morgan fingerprint density at radius 2 is 1.67 bits per heavy atom. The van der Waals surface area contributed by atoms with Crippen molar-refractivity contribution in [3.8, 4) is 5.75 Å². The van der Waals surface area contributed by atoms with E-state index in [0.29, 0.717) is 43.9 Å². The van der Waals surface area contributed by atoms with Gasteiger partial charge >= 0.3 is 0 Å². The number of benzene rings is 1. The minimum absolute atomic E-state index is 0.0845. The first-order valence-electron chi connectivity index (χ1n) is 13.2. The zero-order chi connectivity index (χ0) is 27.1. The highest BCUT2D eigenvalue weighted by atomic mass is 16.5. The fourth-order valence-electron chi connectivity index (χ4n) is 6.41. The first kappa shape index (κ1) is 25.1. The molecule has 39 heavy (non-hydrogen) atoms. The van der Waals surface area contributed by atoms with Crippen LogP contribution in [-0.4, -0.2) is 74.6 Å². The van der Waals surface area contributed by atoms with Gasteiger partial charge in [0.2, 0.25) is 0 Å². The van der Waals surface area contributed by atoms with Gasteiger partial charge in [-0.15, -0.1) is 0 Å². The summed E-state index contributed by atoms with van der Waals surface area (Å²) in [6.07, 6.45) is 4.59. The van der Waals surface area contributed by atoms with Crippen molar-refractivity contribution in [3.63, 3.8) is 0 Å². The summed E-state index contributed by atoms with van der Waals surface area (Å²) >= 11 is 0. The fourth-order valence-corrected chi connectivity index (χ4v) is 6.41. The van der Waals surface area contributed by atoms with Gasteiger partial charge in [-0.1, -0.05) is 12.1 Å². The van der Waals surface area contributed by atoms with E-state index < -0.39 is 11.5 Å². The molecule has 1 N–H and O–H groups in total. The molecule has 5 heterocycles. The standard InChI is InChI=1S/C30H31N5O4/c1-33-24-17-20(39-2)9-10-21(24)26-27(33)25(18-36)35(29(38)23-8-4-6-14-32-23)19-30(26)11-15-34(16-12-30)28(37)22-7-3-5-13-31-22/h3-10,13-14,17,25,36H,11-12,15-16,18-19H2,1-2H3/t25-/m0/s1. The number of nitrogens with zero attached hydrogens (tertiary/aromatic N) is 5. The van der Waals surface area contributed by atoms with Crippen LogP contribution in [0.5, 0.6) is 5.75 Å². The predicted octanol–water partition coefficient (Wildman–Crippen LogP) is 3.34. The Kier molecular flexibility index (Phi) is 6.31. The Labute approximate surface area is 226 Å². The Morgan fingerprint density at radius 1 is 1.00 bits per heavy atom. The second-order valence-corrected chi connectivity index (χ2v) is 10.3. The van der Waals surface area contributed by atoms with Crippen LogP contribution in [-0.2, 0) is 12.5 Å². The van der Waals surface area contributed by atoms with Crippen LogP contribution in [0.15, 0.2) is 67.0 Å². The van der Waals surface area contributed by atoms with E-state index in [1.807, 2.05) is 30.1 Å². The first-order valence-corrected chi connectivity index (χ1v) is 13.2. The van der Waals surface area contributed by atoms with E-state index in [2.05, 4.69) is 20.6 Å². The number of rotatable bonds is 4. The number of aliphatic hydroxyl groups excluding tert-OH is 1. The highest BCUT2D eigenvalue weighted by Gasteiger charge is 2.50. The molecule has 4 aromatic rings. The molecule has 9 heteroatoms. The largest absolute Gasteiger partial charge is 0.497 e. The van der Waals surface area contributed by atoms with Crippen molar-refractivity contribution in [1.82, 2.24) is 24.3 Å². The van der Waals surface area contributed by atoms with Gasteiger partial charge in [-0.25, -0.2) is 0 Å². The lowest BCUT2D eigenvalue weighted by Gasteiger charge is -2.50. The number of amides is 2. The van der Waals surface area contributed by atoms with Gasteiger partial charge in [-0.2, -0.15) is 0 Å². The third kappa shape index (κ3) is 4.04. The maximum Gasteiger partial charge on any atom is 0.273 e. The summed E-state index contributed by atoms with van der Waals surface area (Å²) in [5, 5.41) is 11.8. The van der Waals surface area contributed by atoms with Gasteiger partial charge in [0.05, 0.1) is 25.3 Å². The number of aryl methyl sites for hydroxylation is 1. The van der Waals surface area contributed by atoms with Gasteiger partial charge < -0.3 is 24.2 Å². The van der Waals surface area contributed by atoms with Gasteiger partial charge in [-0.3, -0.25) is 19.6 Å². The SMILES string of the molecule is COc1ccc2c3c(n(C)c2c1)[C@H](CO)N(C(=O)c1ccccn1)CC31CCN(C(=O)c2ccccn2)CC1. The van der Waals surface area contributed by atoms with Crippen LogP contribution in [0.2, 0.25) is 0 Å². The van der Waals surface area contributed by atoms with E-state index in [1.54, 1.807) is 54.7 Å². The van der Waals surface area contributed by atoms with E-state index in [0.717, 1.165) is 27.9 Å². The van der Waals surface area contributed by atoms with Gasteiger partial charge in [0.25, 0.3) is 11.8 Å². The molecule has 200 valence electrons. The van der Waals surface area contributed by atoms with Gasteiger partial charge in [0.15, 0.2) is 0 Å². The normalized spacial score (nSPS) is 18.3. The summed E-state index contributed by atoms with van der Waals surface area (Å²) in [5.74, 6) is 0.445. The quantitative estimate of drug-likeness (QED) is 0.439. The van der Waals surface area contributed by atoms with Crippen molar-refractivity contribution in [2.45, 2.75) is 24.3 Å². The molecular weight excluding hydrogens is 494 g/mol. The van der Waals surface area contributed by atoms with Crippen molar-refractivity contribution in [2.75, 3.05) is 33.4 Å². The number of methoxy groups -OCH3 is 1. The molecule has 0 saturated carbocycles. The minimum atomic E-state index is -0.531. The lowest BCUT2D eigenvalue weighted by atomic mass is 9.68. The summed E-state index contributed by atoms with van der Waals surface area (Å²) in [5.41, 5.74) is 3.43. The third-order valence-electron chi connectivity index (χ3n) is 8.36. The summed E-state index contributed by atoms with van der Waals surface area (Å²) in [4.78, 5) is 39.2. The van der Waals surface area contributed by atoms with Crippen LogP contribution in [0.3, 0.4) is 0 Å². The summed E-state index contributed by atoms with van der Waals surface area (Å²) in [6.45, 7) is 1.29. The molecule has 2 aliphatic rings. The lowest BCUT2D eigenvalue weighted by molar-refractivity contribution is 0.0312. The van der Waals surface area contributed by atoms with E-state index in [-0.39, 0.29) is 18.4 Å². The Hall–Kier alpha value is -4.24. The molecule has 2 aliphatic heterocycles. The van der Waals surface area contributed by atoms with Gasteiger partial charge in [0.1, 0.15) is 17.1 Å². The molecule has 0 radical (unpaired) electrons. The number of likely N-dealkylation sites (tertiary alicyclic amines) is 1. The summed E-state index contributed by atoms with van der Waals surface area (Å²) in [7, 11) is 3.62. The number of carbonyl (C=O) groups excluding carboxylic acids is 2. The topological polar surface area (TPSA) is 101 Å². The number of fused-ring (bicyclic) bond motifs is 4. The number of hydrogen-bond donors (Lipinski definition) is 1. The zero-order valence-electron chi connectivity index (χ0n) is 22.1. The molecular formula is C30H31N5O4. The molecule has 1 atom stereocenters. The maximum atomic E-state index is 13.8. The summed E-state index contributed by atoms with van der Waals surface area (Å²) < 4.78 is 7.60. The van der Waals surface area contributed by atoms with Crippen molar-refractivity contribution >= 4 is 22.7 Å². The van der Waals surface area contributed by atoms with Crippen LogP contribution in [0.25, 0.3) is 10.9 Å². The molecule has 0 aliphatic carbocycles. The monoisotopic (exact) mass is 525 g/mol. The van der Waals surface area contributed by atoms with Crippen molar-refractivity contribution in [1.29, 1.82) is 0 Å². The molecule has 0 unspecified atom stereocenters. The number of pyridine rings is 2. The Bertz CT molecular complexity index is 1530. The zero-order valence-corrected chi connectivity index (χ0v) is 22.1. The van der Waals surface area contributed by atoms with Gasteiger partial charge in [0, 0.05) is 61.6 Å². The first-order chi connectivity index (χ1) is 19.0. The Morgan fingerprint density at radius 3 is 2.26 bits per heavy atom. The predicted molar refractivity (Wildman–Crippen MR) is 146 cm³/mol.